The number of nitrogens with zero attached hydrogens (tertiary/aromatic N) is 2. The predicted molar refractivity (Wildman–Crippen MR) is 126 cm³/mol. The molecule has 0 bridgehead atoms. The smallest absolute Gasteiger partial charge is 0.276 e. The Labute approximate surface area is 198 Å². The van der Waals surface area contributed by atoms with Crippen molar-refractivity contribution in [1.29, 1.82) is 0 Å². The van der Waals surface area contributed by atoms with Crippen molar-refractivity contribution in [2.45, 2.75) is 31.9 Å². The summed E-state index contributed by atoms with van der Waals surface area (Å²) >= 11 is 0. The number of aromatic nitrogens is 1. The molecule has 0 aliphatic carbocycles. The Kier molecular flexibility index (Phi) is 7.93. The lowest BCUT2D eigenvalue weighted by atomic mass is 10.1. The van der Waals surface area contributed by atoms with Gasteiger partial charge >= 0.3 is 0 Å². The zero-order valence-corrected chi connectivity index (χ0v) is 19.2. The van der Waals surface area contributed by atoms with Gasteiger partial charge in [0.25, 0.3) is 5.91 Å². The minimum atomic E-state index is -0.288. The summed E-state index contributed by atoms with van der Waals surface area (Å²) in [6.07, 6.45) is 2.00. The summed E-state index contributed by atoms with van der Waals surface area (Å²) < 4.78 is 16.4. The summed E-state index contributed by atoms with van der Waals surface area (Å²) in [5.74, 6) is 0.749. The summed E-state index contributed by atoms with van der Waals surface area (Å²) in [6, 6.07) is 18.7. The van der Waals surface area contributed by atoms with Gasteiger partial charge in [0.15, 0.2) is 11.5 Å². The van der Waals surface area contributed by atoms with Gasteiger partial charge in [0.1, 0.15) is 5.75 Å². The maximum absolute atomic E-state index is 13.3. The maximum atomic E-state index is 13.3. The number of nitrogens with one attached hydrogen (secondary N) is 1. The number of methoxy groups -OCH3 is 1. The molecule has 1 saturated heterocycles. The molecule has 2 aromatic carbocycles. The van der Waals surface area contributed by atoms with E-state index in [2.05, 4.69) is 10.5 Å². The topological polar surface area (TPSA) is 93.9 Å². The third-order valence-corrected chi connectivity index (χ3v) is 5.76. The van der Waals surface area contributed by atoms with E-state index in [9.17, 15) is 9.59 Å². The molecule has 8 nitrogen and oxygen atoms in total. The van der Waals surface area contributed by atoms with Gasteiger partial charge in [-0.3, -0.25) is 9.59 Å². The minimum Gasteiger partial charge on any atom is -0.497 e. The zero-order valence-electron chi connectivity index (χ0n) is 19.2. The molecule has 178 valence electrons. The second-order valence-electron chi connectivity index (χ2n) is 8.21. The second kappa shape index (κ2) is 11.5. The van der Waals surface area contributed by atoms with Gasteiger partial charge in [0, 0.05) is 44.3 Å². The van der Waals surface area contributed by atoms with Crippen molar-refractivity contribution in [3.63, 3.8) is 0 Å². The van der Waals surface area contributed by atoms with Crippen molar-refractivity contribution in [3.05, 3.63) is 71.9 Å². The van der Waals surface area contributed by atoms with Crippen LogP contribution < -0.4 is 10.1 Å². The molecule has 1 aliphatic rings. The van der Waals surface area contributed by atoms with Gasteiger partial charge in [-0.1, -0.05) is 47.6 Å². The number of rotatable bonds is 10. The Hall–Kier alpha value is -3.65. The molecule has 8 heteroatoms. The molecule has 34 heavy (non-hydrogen) atoms. The summed E-state index contributed by atoms with van der Waals surface area (Å²) in [7, 11) is 1.59. The molecule has 0 spiro atoms. The van der Waals surface area contributed by atoms with E-state index in [0.717, 1.165) is 24.0 Å². The van der Waals surface area contributed by atoms with Crippen LogP contribution in [0.1, 0.15) is 35.3 Å². The van der Waals surface area contributed by atoms with Crippen molar-refractivity contribution in [2.75, 3.05) is 26.8 Å². The van der Waals surface area contributed by atoms with Gasteiger partial charge in [0.05, 0.1) is 13.2 Å². The summed E-state index contributed by atoms with van der Waals surface area (Å²) in [6.45, 7) is 1.81. The second-order valence-corrected chi connectivity index (χ2v) is 8.21. The Morgan fingerprint density at radius 1 is 1.15 bits per heavy atom. The van der Waals surface area contributed by atoms with E-state index in [-0.39, 0.29) is 36.6 Å². The number of amides is 2. The first-order chi connectivity index (χ1) is 16.6. The average molecular weight is 464 g/mol. The molecule has 2 heterocycles. The lowest BCUT2D eigenvalue weighted by Gasteiger charge is -2.24. The van der Waals surface area contributed by atoms with Crippen LogP contribution in [0, 0.1) is 0 Å². The Morgan fingerprint density at radius 2 is 2.00 bits per heavy atom. The van der Waals surface area contributed by atoms with E-state index < -0.39 is 0 Å². The number of benzene rings is 2. The first kappa shape index (κ1) is 23.5. The van der Waals surface area contributed by atoms with Gasteiger partial charge in [-0.05, 0) is 30.5 Å². The highest BCUT2D eigenvalue weighted by molar-refractivity contribution is 5.93. The molecule has 2 amide bonds. The molecule has 1 N–H and O–H groups in total. The van der Waals surface area contributed by atoms with Crippen molar-refractivity contribution in [3.8, 4) is 17.1 Å². The summed E-state index contributed by atoms with van der Waals surface area (Å²) in [5, 5.41) is 6.91. The van der Waals surface area contributed by atoms with E-state index >= 15 is 0 Å². The fraction of sp³-hybridized carbons (Fsp3) is 0.346. The molecule has 0 radical (unpaired) electrons. The monoisotopic (exact) mass is 463 g/mol. The SMILES string of the molecule is COc1cccc(-c2cc(C(=O)N(CCC(=O)NCc3ccccc3)C[C@@H]3CCCO3)no2)c1. The molecular formula is C26H29N3O5. The molecule has 3 aromatic rings. The molecule has 1 fully saturated rings. The molecule has 1 atom stereocenters. The Balaban J connectivity index is 1.41. The van der Waals surface area contributed by atoms with Crippen LogP contribution >= 0.6 is 0 Å². The van der Waals surface area contributed by atoms with Crippen LogP contribution in [0.15, 0.2) is 65.2 Å². The van der Waals surface area contributed by atoms with E-state index in [1.807, 2.05) is 54.6 Å². The largest absolute Gasteiger partial charge is 0.497 e. The van der Waals surface area contributed by atoms with Gasteiger partial charge in [-0.25, -0.2) is 0 Å². The van der Waals surface area contributed by atoms with Gasteiger partial charge in [0.2, 0.25) is 5.91 Å². The number of ether oxygens (including phenoxy) is 2. The Morgan fingerprint density at radius 3 is 2.76 bits per heavy atom. The third kappa shape index (κ3) is 6.23. The first-order valence-corrected chi connectivity index (χ1v) is 11.4. The molecule has 1 aromatic heterocycles. The molecular weight excluding hydrogens is 434 g/mol. The lowest BCUT2D eigenvalue weighted by molar-refractivity contribution is -0.121. The van der Waals surface area contributed by atoms with Crippen LogP contribution in [0.5, 0.6) is 5.75 Å². The maximum Gasteiger partial charge on any atom is 0.276 e. The normalized spacial score (nSPS) is 15.1. The van der Waals surface area contributed by atoms with Gasteiger partial charge in [-0.15, -0.1) is 0 Å². The van der Waals surface area contributed by atoms with Crippen molar-refractivity contribution < 1.29 is 23.6 Å². The first-order valence-electron chi connectivity index (χ1n) is 11.4. The quantitative estimate of drug-likeness (QED) is 0.493. The highest BCUT2D eigenvalue weighted by atomic mass is 16.5. The van der Waals surface area contributed by atoms with E-state index in [1.54, 1.807) is 18.1 Å². The van der Waals surface area contributed by atoms with Crippen LogP contribution in [-0.4, -0.2) is 54.8 Å². The van der Waals surface area contributed by atoms with Crippen molar-refractivity contribution in [1.82, 2.24) is 15.4 Å². The van der Waals surface area contributed by atoms with Crippen molar-refractivity contribution in [2.24, 2.45) is 0 Å². The van der Waals surface area contributed by atoms with Crippen LogP contribution in [0.25, 0.3) is 11.3 Å². The molecule has 1 aliphatic heterocycles. The summed E-state index contributed by atoms with van der Waals surface area (Å²) in [5.41, 5.74) is 1.98. The highest BCUT2D eigenvalue weighted by Crippen LogP contribution is 2.25. The van der Waals surface area contributed by atoms with Gasteiger partial charge in [-0.2, -0.15) is 0 Å². The van der Waals surface area contributed by atoms with Crippen LogP contribution in [0.4, 0.5) is 0 Å². The number of carbonyl (C=O) groups is 2. The predicted octanol–water partition coefficient (Wildman–Crippen LogP) is 3.68. The average Bonchev–Trinajstić information content (AvgIpc) is 3.58. The fourth-order valence-corrected chi connectivity index (χ4v) is 3.88. The van der Waals surface area contributed by atoms with Crippen LogP contribution in [0.3, 0.4) is 0 Å². The number of hydrogen-bond donors (Lipinski definition) is 1. The Bertz CT molecular complexity index is 1090. The van der Waals surface area contributed by atoms with E-state index in [4.69, 9.17) is 14.0 Å². The molecule has 0 saturated carbocycles. The van der Waals surface area contributed by atoms with E-state index in [1.165, 1.54) is 0 Å². The minimum absolute atomic E-state index is 0.0407. The zero-order chi connectivity index (χ0) is 23.8. The number of hydrogen-bond acceptors (Lipinski definition) is 6. The van der Waals surface area contributed by atoms with Gasteiger partial charge < -0.3 is 24.2 Å². The van der Waals surface area contributed by atoms with Crippen LogP contribution in [0.2, 0.25) is 0 Å². The van der Waals surface area contributed by atoms with E-state index in [0.29, 0.717) is 31.2 Å². The standard InChI is InChI=1S/C26H29N3O5/c1-32-21-10-5-9-20(15-21)24-16-23(28-34-24)26(31)29(18-22-11-6-14-33-22)13-12-25(30)27-17-19-7-3-2-4-8-19/h2-5,7-10,15-16,22H,6,11-14,17-18H2,1H3,(H,27,30)/t22-/m0/s1. The highest BCUT2D eigenvalue weighted by Gasteiger charge is 2.26. The lowest BCUT2D eigenvalue weighted by Crippen LogP contribution is -2.40. The third-order valence-electron chi connectivity index (χ3n) is 5.76. The van der Waals surface area contributed by atoms with Crippen molar-refractivity contribution >= 4 is 11.8 Å². The number of carbonyl (C=O) groups excluding carboxylic acids is 2. The molecule has 0 unspecified atom stereocenters. The molecule has 4 rings (SSSR count). The van der Waals surface area contributed by atoms with Crippen LogP contribution in [-0.2, 0) is 16.1 Å². The summed E-state index contributed by atoms with van der Waals surface area (Å²) in [4.78, 5) is 27.4. The fourth-order valence-electron chi connectivity index (χ4n) is 3.88.